The number of hydrogen-bond acceptors (Lipinski definition) is 3. The molecule has 3 N–H and O–H groups in total. The van der Waals surface area contributed by atoms with Gasteiger partial charge in [-0.15, -0.1) is 0 Å². The van der Waals surface area contributed by atoms with Crippen LogP contribution in [0.3, 0.4) is 0 Å². The number of amides is 1. The normalized spacial score (nSPS) is 11.9. The molecule has 0 heterocycles. The van der Waals surface area contributed by atoms with Crippen molar-refractivity contribution in [2.45, 2.75) is 32.7 Å². The van der Waals surface area contributed by atoms with E-state index in [1.54, 1.807) is 0 Å². The van der Waals surface area contributed by atoms with E-state index in [0.717, 1.165) is 29.1 Å². The molecule has 0 bridgehead atoms. The fourth-order valence-electron chi connectivity index (χ4n) is 1.77. The molecule has 1 atom stereocenters. The van der Waals surface area contributed by atoms with Gasteiger partial charge in [-0.25, -0.2) is 0 Å². The van der Waals surface area contributed by atoms with Gasteiger partial charge in [-0.2, -0.15) is 11.8 Å². The molecular weight excluding hydrogens is 288 g/mol. The van der Waals surface area contributed by atoms with Gasteiger partial charge in [0.25, 0.3) is 0 Å². The highest BCUT2D eigenvalue weighted by Gasteiger charge is 2.08. The summed E-state index contributed by atoms with van der Waals surface area (Å²) >= 11 is 6.79. The summed E-state index contributed by atoms with van der Waals surface area (Å²) in [5.41, 5.74) is 7.34. The standard InChI is InChI=1S/C15H22N2OS2/c1-3-20-9-8-11(2)17-14(18)10-12-4-6-13(7-5-12)15(16)19/h4-7,11H,3,8-10H2,1-2H3,(H2,16,19)(H,17,18). The third-order valence-corrected chi connectivity index (χ3v) is 4.08. The lowest BCUT2D eigenvalue weighted by Crippen LogP contribution is -2.34. The predicted molar refractivity (Wildman–Crippen MR) is 91.3 cm³/mol. The number of nitrogens with two attached hydrogens (primary N) is 1. The van der Waals surface area contributed by atoms with Gasteiger partial charge in [0.1, 0.15) is 4.99 Å². The highest BCUT2D eigenvalue weighted by molar-refractivity contribution is 7.99. The van der Waals surface area contributed by atoms with Gasteiger partial charge >= 0.3 is 0 Å². The summed E-state index contributed by atoms with van der Waals surface area (Å²) in [6, 6.07) is 7.72. The van der Waals surface area contributed by atoms with E-state index in [9.17, 15) is 4.79 Å². The topological polar surface area (TPSA) is 55.1 Å². The monoisotopic (exact) mass is 310 g/mol. The van der Waals surface area contributed by atoms with Crippen LogP contribution in [0, 0.1) is 0 Å². The molecule has 1 aromatic carbocycles. The Hall–Kier alpha value is -1.07. The van der Waals surface area contributed by atoms with Crippen LogP contribution in [-0.2, 0) is 11.2 Å². The molecule has 1 aromatic rings. The average molecular weight is 310 g/mol. The average Bonchev–Trinajstić information content (AvgIpc) is 2.39. The van der Waals surface area contributed by atoms with Gasteiger partial charge in [0, 0.05) is 11.6 Å². The van der Waals surface area contributed by atoms with E-state index < -0.39 is 0 Å². The van der Waals surface area contributed by atoms with Crippen molar-refractivity contribution in [2.24, 2.45) is 5.73 Å². The van der Waals surface area contributed by atoms with Crippen LogP contribution in [0.25, 0.3) is 0 Å². The molecule has 5 heteroatoms. The first-order valence-corrected chi connectivity index (χ1v) is 8.35. The molecule has 0 fully saturated rings. The third-order valence-electron chi connectivity index (χ3n) is 2.91. The summed E-state index contributed by atoms with van der Waals surface area (Å²) in [6.45, 7) is 4.19. The zero-order valence-electron chi connectivity index (χ0n) is 12.0. The molecule has 0 saturated carbocycles. The number of nitrogens with one attached hydrogen (secondary N) is 1. The number of thioether (sulfide) groups is 1. The summed E-state index contributed by atoms with van der Waals surface area (Å²) in [5.74, 6) is 2.26. The zero-order chi connectivity index (χ0) is 15.0. The maximum atomic E-state index is 11.9. The smallest absolute Gasteiger partial charge is 0.224 e. The minimum atomic E-state index is 0.0575. The van der Waals surface area contributed by atoms with Gasteiger partial charge < -0.3 is 11.1 Å². The first-order valence-electron chi connectivity index (χ1n) is 6.78. The first kappa shape index (κ1) is 17.0. The third kappa shape index (κ3) is 6.39. The van der Waals surface area contributed by atoms with E-state index in [2.05, 4.69) is 12.2 Å². The van der Waals surface area contributed by atoms with E-state index in [-0.39, 0.29) is 11.9 Å². The van der Waals surface area contributed by atoms with Crippen LogP contribution in [-0.4, -0.2) is 28.4 Å². The number of thiocarbonyl (C=S) groups is 1. The van der Waals surface area contributed by atoms with Crippen molar-refractivity contribution in [3.05, 3.63) is 35.4 Å². The van der Waals surface area contributed by atoms with Crippen molar-refractivity contribution in [2.75, 3.05) is 11.5 Å². The Bertz CT molecular complexity index is 446. The van der Waals surface area contributed by atoms with Gasteiger partial charge in [0.05, 0.1) is 6.42 Å². The Balaban J connectivity index is 2.39. The molecule has 1 amide bonds. The number of carbonyl (C=O) groups is 1. The molecule has 20 heavy (non-hydrogen) atoms. The maximum Gasteiger partial charge on any atom is 0.224 e. The van der Waals surface area contributed by atoms with Crippen LogP contribution in [0.5, 0.6) is 0 Å². The molecule has 1 rings (SSSR count). The van der Waals surface area contributed by atoms with E-state index in [1.165, 1.54) is 0 Å². The molecule has 0 aliphatic heterocycles. The Kier molecular flexibility index (Phi) is 7.62. The second-order valence-electron chi connectivity index (χ2n) is 4.69. The summed E-state index contributed by atoms with van der Waals surface area (Å²) in [5, 5.41) is 3.02. The van der Waals surface area contributed by atoms with E-state index in [1.807, 2.05) is 43.0 Å². The fraction of sp³-hybridized carbons (Fsp3) is 0.467. The SMILES string of the molecule is CCSCCC(C)NC(=O)Cc1ccc(C(N)=S)cc1. The Morgan fingerprint density at radius 1 is 1.40 bits per heavy atom. The molecule has 0 aliphatic rings. The Morgan fingerprint density at radius 3 is 2.60 bits per heavy atom. The highest BCUT2D eigenvalue weighted by atomic mass is 32.2. The van der Waals surface area contributed by atoms with Crippen molar-refractivity contribution in [3.8, 4) is 0 Å². The van der Waals surface area contributed by atoms with E-state index in [4.69, 9.17) is 18.0 Å². The zero-order valence-corrected chi connectivity index (χ0v) is 13.7. The van der Waals surface area contributed by atoms with Crippen LogP contribution in [0.1, 0.15) is 31.4 Å². The van der Waals surface area contributed by atoms with Crippen LogP contribution < -0.4 is 11.1 Å². The summed E-state index contributed by atoms with van der Waals surface area (Å²) in [6.07, 6.45) is 1.40. The van der Waals surface area contributed by atoms with E-state index in [0.29, 0.717) is 11.4 Å². The van der Waals surface area contributed by atoms with Crippen molar-refractivity contribution < 1.29 is 4.79 Å². The van der Waals surface area contributed by atoms with E-state index >= 15 is 0 Å². The summed E-state index contributed by atoms with van der Waals surface area (Å²) < 4.78 is 0. The van der Waals surface area contributed by atoms with Gasteiger partial charge in [-0.3, -0.25) is 4.79 Å². The van der Waals surface area contributed by atoms with Crippen molar-refractivity contribution >= 4 is 34.9 Å². The fourth-order valence-corrected chi connectivity index (χ4v) is 2.72. The number of hydrogen-bond donors (Lipinski definition) is 2. The lowest BCUT2D eigenvalue weighted by Gasteiger charge is -2.13. The second kappa shape index (κ2) is 8.97. The molecule has 1 unspecified atom stereocenters. The van der Waals surface area contributed by atoms with Crippen LogP contribution >= 0.6 is 24.0 Å². The summed E-state index contributed by atoms with van der Waals surface area (Å²) in [4.78, 5) is 12.3. The van der Waals surface area contributed by atoms with Crippen molar-refractivity contribution in [1.29, 1.82) is 0 Å². The number of carbonyl (C=O) groups excluding carboxylic acids is 1. The molecule has 0 radical (unpaired) electrons. The molecule has 110 valence electrons. The van der Waals surface area contributed by atoms with Crippen molar-refractivity contribution in [3.63, 3.8) is 0 Å². The maximum absolute atomic E-state index is 11.9. The number of rotatable bonds is 8. The number of benzene rings is 1. The Morgan fingerprint density at radius 2 is 2.05 bits per heavy atom. The molecular formula is C15H22N2OS2. The minimum Gasteiger partial charge on any atom is -0.389 e. The van der Waals surface area contributed by atoms with Crippen LogP contribution in [0.2, 0.25) is 0 Å². The molecule has 0 aliphatic carbocycles. The Labute approximate surface area is 130 Å². The van der Waals surface area contributed by atoms with Crippen molar-refractivity contribution in [1.82, 2.24) is 5.32 Å². The van der Waals surface area contributed by atoms with Gasteiger partial charge in [-0.05, 0) is 30.4 Å². The molecule has 0 aromatic heterocycles. The van der Waals surface area contributed by atoms with Crippen LogP contribution in [0.4, 0.5) is 0 Å². The molecule has 0 spiro atoms. The highest BCUT2D eigenvalue weighted by Crippen LogP contribution is 2.07. The lowest BCUT2D eigenvalue weighted by molar-refractivity contribution is -0.121. The lowest BCUT2D eigenvalue weighted by atomic mass is 10.1. The molecule has 0 saturated heterocycles. The molecule has 3 nitrogen and oxygen atoms in total. The largest absolute Gasteiger partial charge is 0.389 e. The van der Waals surface area contributed by atoms with Gasteiger partial charge in [-0.1, -0.05) is 43.4 Å². The first-order chi connectivity index (χ1) is 9.52. The minimum absolute atomic E-state index is 0.0575. The van der Waals surface area contributed by atoms with Crippen LogP contribution in [0.15, 0.2) is 24.3 Å². The summed E-state index contributed by atoms with van der Waals surface area (Å²) in [7, 11) is 0. The van der Waals surface area contributed by atoms with Gasteiger partial charge in [0.15, 0.2) is 0 Å². The quantitative estimate of drug-likeness (QED) is 0.572. The predicted octanol–water partition coefficient (Wildman–Crippen LogP) is 2.51. The van der Waals surface area contributed by atoms with Gasteiger partial charge in [0.2, 0.25) is 5.91 Å². The second-order valence-corrected chi connectivity index (χ2v) is 6.53.